The SMILES string of the molecule is CCCC1(C)C(=O)NCCN1Cc1cncn1C. The topological polar surface area (TPSA) is 50.2 Å². The molecule has 1 aliphatic heterocycles. The predicted octanol–water partition coefficient (Wildman–Crippen LogP) is 0.911. The molecule has 0 spiro atoms. The second kappa shape index (κ2) is 5.10. The van der Waals surface area contributed by atoms with E-state index >= 15 is 0 Å². The number of aromatic nitrogens is 2. The molecule has 1 fully saturated rings. The number of piperazine rings is 1. The van der Waals surface area contributed by atoms with E-state index in [0.717, 1.165) is 38.2 Å². The summed E-state index contributed by atoms with van der Waals surface area (Å²) in [6.45, 7) is 6.57. The van der Waals surface area contributed by atoms with E-state index < -0.39 is 5.54 Å². The molecule has 0 saturated carbocycles. The van der Waals surface area contributed by atoms with E-state index in [1.165, 1.54) is 0 Å². The number of amides is 1. The zero-order chi connectivity index (χ0) is 13.2. The highest BCUT2D eigenvalue weighted by molar-refractivity contribution is 5.86. The van der Waals surface area contributed by atoms with Gasteiger partial charge in [-0.25, -0.2) is 4.98 Å². The second-order valence-corrected chi connectivity index (χ2v) is 5.20. The molecular weight excluding hydrogens is 228 g/mol. The molecule has 18 heavy (non-hydrogen) atoms. The number of nitrogens with one attached hydrogen (secondary N) is 1. The molecule has 0 aliphatic carbocycles. The van der Waals surface area contributed by atoms with Gasteiger partial charge in [0.1, 0.15) is 0 Å². The molecule has 2 heterocycles. The lowest BCUT2D eigenvalue weighted by atomic mass is 9.90. The number of aryl methyl sites for hydroxylation is 1. The van der Waals surface area contributed by atoms with Crippen LogP contribution in [-0.4, -0.2) is 39.0 Å². The minimum atomic E-state index is -0.392. The summed E-state index contributed by atoms with van der Waals surface area (Å²) < 4.78 is 2.01. The maximum Gasteiger partial charge on any atom is 0.240 e. The van der Waals surface area contributed by atoms with E-state index in [2.05, 4.69) is 22.1 Å². The molecule has 1 saturated heterocycles. The summed E-state index contributed by atoms with van der Waals surface area (Å²) in [6, 6.07) is 0. The third-order valence-corrected chi connectivity index (χ3v) is 3.86. The van der Waals surface area contributed by atoms with Crippen LogP contribution in [0, 0.1) is 0 Å². The summed E-state index contributed by atoms with van der Waals surface area (Å²) in [4.78, 5) is 18.6. The van der Waals surface area contributed by atoms with Crippen molar-refractivity contribution in [1.29, 1.82) is 0 Å². The van der Waals surface area contributed by atoms with Crippen LogP contribution in [0.3, 0.4) is 0 Å². The smallest absolute Gasteiger partial charge is 0.240 e. The van der Waals surface area contributed by atoms with Crippen molar-refractivity contribution in [2.75, 3.05) is 13.1 Å². The molecule has 1 N–H and O–H groups in total. The average Bonchev–Trinajstić information content (AvgIpc) is 2.72. The summed E-state index contributed by atoms with van der Waals surface area (Å²) in [5, 5.41) is 2.98. The molecule has 1 aromatic heterocycles. The van der Waals surface area contributed by atoms with Crippen LogP contribution in [0.15, 0.2) is 12.5 Å². The van der Waals surface area contributed by atoms with Gasteiger partial charge in [-0.2, -0.15) is 0 Å². The number of hydrogen-bond donors (Lipinski definition) is 1. The first kappa shape index (κ1) is 13.1. The molecular formula is C13H22N4O. The maximum absolute atomic E-state index is 12.2. The van der Waals surface area contributed by atoms with Gasteiger partial charge in [0.15, 0.2) is 0 Å². The van der Waals surface area contributed by atoms with Crippen molar-refractivity contribution in [3.8, 4) is 0 Å². The monoisotopic (exact) mass is 250 g/mol. The maximum atomic E-state index is 12.2. The van der Waals surface area contributed by atoms with Crippen molar-refractivity contribution >= 4 is 5.91 Å². The van der Waals surface area contributed by atoms with Gasteiger partial charge in [-0.05, 0) is 13.3 Å². The van der Waals surface area contributed by atoms with Crippen molar-refractivity contribution in [3.05, 3.63) is 18.2 Å². The van der Waals surface area contributed by atoms with Gasteiger partial charge >= 0.3 is 0 Å². The fraction of sp³-hybridized carbons (Fsp3) is 0.692. The first-order valence-electron chi connectivity index (χ1n) is 6.56. The van der Waals surface area contributed by atoms with Crippen LogP contribution in [-0.2, 0) is 18.4 Å². The number of carbonyl (C=O) groups is 1. The molecule has 1 atom stereocenters. The lowest BCUT2D eigenvalue weighted by Crippen LogP contribution is -2.62. The first-order valence-corrected chi connectivity index (χ1v) is 6.56. The minimum Gasteiger partial charge on any atom is -0.353 e. The van der Waals surface area contributed by atoms with Crippen LogP contribution < -0.4 is 5.32 Å². The fourth-order valence-corrected chi connectivity index (χ4v) is 2.63. The summed E-state index contributed by atoms with van der Waals surface area (Å²) in [6.07, 6.45) is 5.57. The van der Waals surface area contributed by atoms with Gasteiger partial charge in [-0.15, -0.1) is 0 Å². The van der Waals surface area contributed by atoms with Gasteiger partial charge in [0, 0.05) is 32.9 Å². The van der Waals surface area contributed by atoms with Crippen LogP contribution in [0.4, 0.5) is 0 Å². The Kier molecular flexibility index (Phi) is 3.71. The lowest BCUT2D eigenvalue weighted by Gasteiger charge is -2.43. The minimum absolute atomic E-state index is 0.151. The third-order valence-electron chi connectivity index (χ3n) is 3.86. The summed E-state index contributed by atoms with van der Waals surface area (Å²) >= 11 is 0. The molecule has 1 aromatic rings. The van der Waals surface area contributed by atoms with Crippen LogP contribution >= 0.6 is 0 Å². The average molecular weight is 250 g/mol. The van der Waals surface area contributed by atoms with E-state index in [9.17, 15) is 4.79 Å². The molecule has 1 unspecified atom stereocenters. The number of hydrogen-bond acceptors (Lipinski definition) is 3. The van der Waals surface area contributed by atoms with Crippen molar-refractivity contribution in [3.63, 3.8) is 0 Å². The van der Waals surface area contributed by atoms with E-state index in [4.69, 9.17) is 0 Å². The Morgan fingerprint density at radius 2 is 2.33 bits per heavy atom. The van der Waals surface area contributed by atoms with Gasteiger partial charge in [0.05, 0.1) is 17.6 Å². The van der Waals surface area contributed by atoms with Crippen LogP contribution in [0.25, 0.3) is 0 Å². The molecule has 2 rings (SSSR count). The van der Waals surface area contributed by atoms with Gasteiger partial charge in [-0.1, -0.05) is 13.3 Å². The Labute approximate surface area is 108 Å². The predicted molar refractivity (Wildman–Crippen MR) is 69.9 cm³/mol. The Balaban J connectivity index is 2.18. The zero-order valence-electron chi connectivity index (χ0n) is 11.4. The van der Waals surface area contributed by atoms with Gasteiger partial charge in [0.25, 0.3) is 0 Å². The number of nitrogens with zero attached hydrogens (tertiary/aromatic N) is 3. The molecule has 0 aromatic carbocycles. The second-order valence-electron chi connectivity index (χ2n) is 5.20. The largest absolute Gasteiger partial charge is 0.353 e. The highest BCUT2D eigenvalue weighted by Crippen LogP contribution is 2.25. The Hall–Kier alpha value is -1.36. The Morgan fingerprint density at radius 3 is 2.94 bits per heavy atom. The van der Waals surface area contributed by atoms with E-state index in [1.54, 1.807) is 6.33 Å². The zero-order valence-corrected chi connectivity index (χ0v) is 11.4. The fourth-order valence-electron chi connectivity index (χ4n) is 2.63. The summed E-state index contributed by atoms with van der Waals surface area (Å²) in [5.41, 5.74) is 0.754. The van der Waals surface area contributed by atoms with E-state index in [-0.39, 0.29) is 5.91 Å². The molecule has 0 radical (unpaired) electrons. The molecule has 5 nitrogen and oxygen atoms in total. The molecule has 5 heteroatoms. The highest BCUT2D eigenvalue weighted by atomic mass is 16.2. The van der Waals surface area contributed by atoms with Crippen molar-refractivity contribution in [1.82, 2.24) is 19.8 Å². The van der Waals surface area contributed by atoms with Gasteiger partial charge in [-0.3, -0.25) is 9.69 Å². The number of rotatable bonds is 4. The van der Waals surface area contributed by atoms with Crippen LogP contribution in [0.1, 0.15) is 32.4 Å². The number of carbonyl (C=O) groups excluding carboxylic acids is 1. The van der Waals surface area contributed by atoms with Crippen molar-refractivity contribution in [2.45, 2.75) is 38.8 Å². The van der Waals surface area contributed by atoms with Gasteiger partial charge < -0.3 is 9.88 Å². The third kappa shape index (κ3) is 2.27. The first-order chi connectivity index (χ1) is 8.58. The normalized spacial score (nSPS) is 25.2. The standard InChI is InChI=1S/C13H22N4O/c1-4-5-13(2)12(18)15-6-7-17(13)9-11-8-14-10-16(11)3/h8,10H,4-7,9H2,1-3H3,(H,15,18). The molecule has 100 valence electrons. The molecule has 1 aliphatic rings. The van der Waals surface area contributed by atoms with Crippen LogP contribution in [0.5, 0.6) is 0 Å². The number of imidazole rings is 1. The van der Waals surface area contributed by atoms with Crippen molar-refractivity contribution < 1.29 is 4.79 Å². The summed E-state index contributed by atoms with van der Waals surface area (Å²) in [7, 11) is 1.99. The molecule has 1 amide bonds. The van der Waals surface area contributed by atoms with E-state index in [0.29, 0.717) is 0 Å². The Bertz CT molecular complexity index is 428. The molecule has 0 bridgehead atoms. The lowest BCUT2D eigenvalue weighted by molar-refractivity contribution is -0.137. The quantitative estimate of drug-likeness (QED) is 0.864. The van der Waals surface area contributed by atoms with E-state index in [1.807, 2.05) is 24.7 Å². The highest BCUT2D eigenvalue weighted by Gasteiger charge is 2.41. The van der Waals surface area contributed by atoms with Gasteiger partial charge in [0.2, 0.25) is 5.91 Å². The van der Waals surface area contributed by atoms with Crippen molar-refractivity contribution in [2.24, 2.45) is 7.05 Å². The van der Waals surface area contributed by atoms with Crippen LogP contribution in [0.2, 0.25) is 0 Å². The Morgan fingerprint density at radius 1 is 1.56 bits per heavy atom. The summed E-state index contributed by atoms with van der Waals surface area (Å²) in [5.74, 6) is 0.151.